The van der Waals surface area contributed by atoms with E-state index in [-0.39, 0.29) is 24.4 Å². The van der Waals surface area contributed by atoms with Gasteiger partial charge in [-0.25, -0.2) is 4.39 Å². The summed E-state index contributed by atoms with van der Waals surface area (Å²) < 4.78 is 20.7. The Kier molecular flexibility index (Phi) is 7.39. The highest BCUT2D eigenvalue weighted by molar-refractivity contribution is 5.85. The molecule has 0 bridgehead atoms. The number of nitrogens with zero attached hydrogens (tertiary/aromatic N) is 5. The van der Waals surface area contributed by atoms with E-state index < -0.39 is 0 Å². The molecule has 9 heteroatoms. The highest BCUT2D eigenvalue weighted by Gasteiger charge is 2.26. The number of H-pyrrole nitrogens is 1. The second kappa shape index (κ2) is 11.0. The van der Waals surface area contributed by atoms with Crippen LogP contribution >= 0.6 is 0 Å². The van der Waals surface area contributed by atoms with Gasteiger partial charge in [0, 0.05) is 55.9 Å². The maximum atomic E-state index is 13.4. The van der Waals surface area contributed by atoms with Crippen LogP contribution in [0.1, 0.15) is 30.5 Å². The molecule has 2 aromatic carbocycles. The van der Waals surface area contributed by atoms with E-state index in [9.17, 15) is 9.18 Å². The van der Waals surface area contributed by atoms with Crippen LogP contribution in [0.2, 0.25) is 0 Å². The van der Waals surface area contributed by atoms with Crippen molar-refractivity contribution in [1.29, 1.82) is 0 Å². The van der Waals surface area contributed by atoms with Gasteiger partial charge in [-0.15, -0.1) is 10.2 Å². The molecular formula is C27H31FN6O2. The lowest BCUT2D eigenvalue weighted by Gasteiger charge is -2.39. The number of halogens is 1. The van der Waals surface area contributed by atoms with E-state index in [1.54, 1.807) is 24.8 Å². The topological polar surface area (TPSA) is 79.3 Å². The van der Waals surface area contributed by atoms with Crippen LogP contribution in [0.3, 0.4) is 0 Å². The number of aromatic amines is 1. The van der Waals surface area contributed by atoms with E-state index in [2.05, 4.69) is 49.4 Å². The third kappa shape index (κ3) is 5.63. The van der Waals surface area contributed by atoms with Crippen LogP contribution in [-0.2, 0) is 16.0 Å². The lowest BCUT2D eigenvalue weighted by Crippen LogP contribution is -2.48. The predicted molar refractivity (Wildman–Crippen MR) is 135 cm³/mol. The number of aromatic nitrogens is 4. The first kappa shape index (κ1) is 24.1. The fraction of sp³-hybridized carbons (Fsp3) is 0.370. The van der Waals surface area contributed by atoms with Crippen LogP contribution in [0.25, 0.3) is 16.6 Å². The van der Waals surface area contributed by atoms with Gasteiger partial charge in [-0.05, 0) is 60.8 Å². The van der Waals surface area contributed by atoms with Crippen molar-refractivity contribution in [2.75, 3.05) is 39.3 Å². The van der Waals surface area contributed by atoms with Crippen molar-refractivity contribution in [3.05, 3.63) is 78.3 Å². The van der Waals surface area contributed by atoms with Crippen LogP contribution in [0.5, 0.6) is 0 Å². The number of benzene rings is 2. The SMILES string of the molecule is CC(=O)OCC(c1ccc(F)cc1)N1CCN(CCCc2c[nH]c3ccc(-n4cnnc4)cc23)CC1. The van der Waals surface area contributed by atoms with Gasteiger partial charge in [0.1, 0.15) is 25.1 Å². The highest BCUT2D eigenvalue weighted by Crippen LogP contribution is 2.25. The molecule has 5 rings (SSSR count). The largest absolute Gasteiger partial charge is 0.464 e. The molecule has 1 aliphatic heterocycles. The number of esters is 1. The third-order valence-corrected chi connectivity index (χ3v) is 6.94. The number of nitrogens with one attached hydrogen (secondary N) is 1. The standard InChI is InChI=1S/C27H31FN6O2/c1-20(35)36-17-27(21-4-6-23(28)7-5-21)33-13-11-32(12-14-33)10-2-3-22-16-29-26-9-8-24(15-25(22)26)34-18-30-31-19-34/h4-9,15-16,18-19,27,29H,2-3,10-14,17H2,1H3. The van der Waals surface area contributed by atoms with Crippen molar-refractivity contribution in [2.45, 2.75) is 25.8 Å². The van der Waals surface area contributed by atoms with Gasteiger partial charge in [0.25, 0.3) is 0 Å². The van der Waals surface area contributed by atoms with Gasteiger partial charge in [0.2, 0.25) is 0 Å². The van der Waals surface area contributed by atoms with E-state index in [1.807, 2.05) is 4.57 Å². The zero-order chi connectivity index (χ0) is 24.9. The maximum Gasteiger partial charge on any atom is 0.302 e. The molecule has 36 heavy (non-hydrogen) atoms. The van der Waals surface area contributed by atoms with E-state index in [0.29, 0.717) is 0 Å². The quantitative estimate of drug-likeness (QED) is 0.360. The Morgan fingerprint density at radius 1 is 1.08 bits per heavy atom. The van der Waals surface area contributed by atoms with Crippen molar-refractivity contribution in [3.63, 3.8) is 0 Å². The minimum atomic E-state index is -0.299. The summed E-state index contributed by atoms with van der Waals surface area (Å²) in [5.41, 5.74) is 4.47. The fourth-order valence-electron chi connectivity index (χ4n) is 4.95. The number of fused-ring (bicyclic) bond motifs is 1. The molecule has 3 heterocycles. The average molecular weight is 491 g/mol. The second-order valence-corrected chi connectivity index (χ2v) is 9.26. The first-order valence-corrected chi connectivity index (χ1v) is 12.4. The van der Waals surface area contributed by atoms with Crippen LogP contribution in [0.4, 0.5) is 4.39 Å². The van der Waals surface area contributed by atoms with Crippen molar-refractivity contribution >= 4 is 16.9 Å². The molecule has 0 spiro atoms. The average Bonchev–Trinajstić information content (AvgIpc) is 3.56. The highest BCUT2D eigenvalue weighted by atomic mass is 19.1. The number of ether oxygens (including phenoxy) is 1. The minimum Gasteiger partial charge on any atom is -0.464 e. The molecule has 8 nitrogen and oxygen atoms in total. The Morgan fingerprint density at radius 2 is 1.83 bits per heavy atom. The molecular weight excluding hydrogens is 459 g/mol. The fourth-order valence-corrected chi connectivity index (χ4v) is 4.95. The number of aryl methyl sites for hydroxylation is 1. The molecule has 0 amide bonds. The van der Waals surface area contributed by atoms with Crippen molar-refractivity contribution in [3.8, 4) is 5.69 Å². The Labute approximate surface area is 209 Å². The number of hydrogen-bond acceptors (Lipinski definition) is 6. The molecule has 4 aromatic rings. The molecule has 1 aliphatic rings. The molecule has 0 radical (unpaired) electrons. The summed E-state index contributed by atoms with van der Waals surface area (Å²) >= 11 is 0. The van der Waals surface area contributed by atoms with Crippen molar-refractivity contribution in [1.82, 2.24) is 29.5 Å². The molecule has 2 aromatic heterocycles. The van der Waals surface area contributed by atoms with Crippen LogP contribution < -0.4 is 0 Å². The maximum absolute atomic E-state index is 13.4. The van der Waals surface area contributed by atoms with Gasteiger partial charge in [-0.1, -0.05) is 12.1 Å². The van der Waals surface area contributed by atoms with E-state index in [0.717, 1.165) is 62.3 Å². The number of piperazine rings is 1. The molecule has 1 unspecified atom stereocenters. The molecule has 188 valence electrons. The summed E-state index contributed by atoms with van der Waals surface area (Å²) in [6, 6.07) is 12.8. The van der Waals surface area contributed by atoms with E-state index >= 15 is 0 Å². The van der Waals surface area contributed by atoms with Gasteiger partial charge in [0.15, 0.2) is 0 Å². The molecule has 1 atom stereocenters. The van der Waals surface area contributed by atoms with Crippen LogP contribution in [0, 0.1) is 5.82 Å². The minimum absolute atomic E-state index is 0.0669. The zero-order valence-corrected chi connectivity index (χ0v) is 20.4. The molecule has 1 N–H and O–H groups in total. The summed E-state index contributed by atoms with van der Waals surface area (Å²) in [6.45, 7) is 6.36. The molecule has 0 saturated carbocycles. The van der Waals surface area contributed by atoms with Crippen LogP contribution in [-0.4, -0.2) is 74.8 Å². The molecule has 1 saturated heterocycles. The Hall–Kier alpha value is -3.56. The zero-order valence-electron chi connectivity index (χ0n) is 20.4. The van der Waals surface area contributed by atoms with E-state index in [4.69, 9.17) is 4.74 Å². The number of carbonyl (C=O) groups excluding carboxylic acids is 1. The summed E-state index contributed by atoms with van der Waals surface area (Å²) in [5, 5.41) is 9.04. The monoisotopic (exact) mass is 490 g/mol. The molecule has 1 fully saturated rings. The second-order valence-electron chi connectivity index (χ2n) is 9.26. The van der Waals surface area contributed by atoms with Crippen molar-refractivity contribution < 1.29 is 13.9 Å². The van der Waals surface area contributed by atoms with Crippen LogP contribution in [0.15, 0.2) is 61.3 Å². The van der Waals surface area contributed by atoms with Gasteiger partial charge in [0.05, 0.1) is 6.04 Å². The Bertz CT molecular complexity index is 1280. The van der Waals surface area contributed by atoms with Crippen molar-refractivity contribution in [2.24, 2.45) is 0 Å². The third-order valence-electron chi connectivity index (χ3n) is 6.94. The summed E-state index contributed by atoms with van der Waals surface area (Å²) in [5.74, 6) is -0.563. The van der Waals surface area contributed by atoms with Gasteiger partial charge in [-0.2, -0.15) is 0 Å². The van der Waals surface area contributed by atoms with Gasteiger partial charge < -0.3 is 14.6 Å². The Morgan fingerprint density at radius 3 is 2.56 bits per heavy atom. The lowest BCUT2D eigenvalue weighted by atomic mass is 10.0. The number of carbonyl (C=O) groups is 1. The lowest BCUT2D eigenvalue weighted by molar-refractivity contribution is -0.143. The normalized spacial score (nSPS) is 15.8. The summed E-state index contributed by atoms with van der Waals surface area (Å²) in [7, 11) is 0. The molecule has 0 aliphatic carbocycles. The Balaban J connectivity index is 1.15. The first-order valence-electron chi connectivity index (χ1n) is 12.4. The summed E-state index contributed by atoms with van der Waals surface area (Å²) in [6.07, 6.45) is 7.59. The number of hydrogen-bond donors (Lipinski definition) is 1. The summed E-state index contributed by atoms with van der Waals surface area (Å²) in [4.78, 5) is 19.6. The first-order chi connectivity index (χ1) is 17.6. The predicted octanol–water partition coefficient (Wildman–Crippen LogP) is 3.74. The van der Waals surface area contributed by atoms with Gasteiger partial charge in [-0.3, -0.25) is 14.3 Å². The number of rotatable bonds is 9. The smallest absolute Gasteiger partial charge is 0.302 e. The van der Waals surface area contributed by atoms with Gasteiger partial charge >= 0.3 is 5.97 Å². The van der Waals surface area contributed by atoms with E-state index in [1.165, 1.54) is 30.0 Å².